The van der Waals surface area contributed by atoms with E-state index >= 15 is 0 Å². The van der Waals surface area contributed by atoms with E-state index in [0.29, 0.717) is 33.7 Å². The van der Waals surface area contributed by atoms with Crippen LogP contribution in [0.25, 0.3) is 10.9 Å². The van der Waals surface area contributed by atoms with Crippen molar-refractivity contribution in [2.24, 2.45) is 11.3 Å². The van der Waals surface area contributed by atoms with Gasteiger partial charge in [-0.3, -0.25) is 44.1 Å². The Morgan fingerprint density at radius 1 is 0.903 bits per heavy atom. The fourth-order valence-corrected chi connectivity index (χ4v) is 11.3. The number of nitrogens with zero attached hydrogens (tertiary/aromatic N) is 7. The van der Waals surface area contributed by atoms with E-state index in [1.54, 1.807) is 30.6 Å². The van der Waals surface area contributed by atoms with Crippen LogP contribution in [0.15, 0.2) is 60.9 Å². The third kappa shape index (κ3) is 6.29. The summed E-state index contributed by atoms with van der Waals surface area (Å²) in [5.41, 5.74) is 3.26. The zero-order valence-corrected chi connectivity index (χ0v) is 35.1. The van der Waals surface area contributed by atoms with Crippen LogP contribution >= 0.6 is 0 Å². The summed E-state index contributed by atoms with van der Waals surface area (Å²) in [6.45, 7) is 12.6. The number of hydrogen-bond acceptors (Lipinski definition) is 12. The normalized spacial score (nSPS) is 25.7. The number of ether oxygens (including phenoxy) is 1. The molecule has 15 nitrogen and oxygen atoms in total. The molecule has 4 atom stereocenters. The molecule has 0 radical (unpaired) electrons. The number of hydrogen-bond donors (Lipinski definition) is 2. The predicted molar refractivity (Wildman–Crippen MR) is 229 cm³/mol. The van der Waals surface area contributed by atoms with Gasteiger partial charge in [-0.2, -0.15) is 5.26 Å². The van der Waals surface area contributed by atoms with Crippen LogP contribution in [0, 0.1) is 22.7 Å². The number of rotatable bonds is 8. The lowest BCUT2D eigenvalue weighted by Gasteiger charge is -2.66. The zero-order valence-electron chi connectivity index (χ0n) is 35.1. The lowest BCUT2D eigenvalue weighted by Crippen LogP contribution is -2.78. The second kappa shape index (κ2) is 14.9. The minimum Gasteiger partial charge on any atom is -0.488 e. The molecule has 10 rings (SSSR count). The van der Waals surface area contributed by atoms with Crippen molar-refractivity contribution in [2.45, 2.75) is 76.5 Å². The van der Waals surface area contributed by atoms with E-state index < -0.39 is 35.1 Å². The van der Waals surface area contributed by atoms with Crippen LogP contribution in [0.2, 0.25) is 0 Å². The SMILES string of the molecule is CC1(C)C(NC(=O)c2ccc(N3CCC(CCN4CCN(c5ccc6c(c5)C(=O)N(C5CCC(=O)NC5=O)C6=O)CC4)CC3)nc2)C2(C)c3ccnc4c(C#N)ccc(c34)O[C@@H]12. The van der Waals surface area contributed by atoms with E-state index in [4.69, 9.17) is 9.72 Å². The first kappa shape index (κ1) is 39.7. The largest absolute Gasteiger partial charge is 0.488 e. The van der Waals surface area contributed by atoms with Gasteiger partial charge in [-0.25, -0.2) is 4.98 Å². The molecule has 0 spiro atoms. The van der Waals surface area contributed by atoms with Crippen molar-refractivity contribution in [3.8, 4) is 11.8 Å². The molecule has 3 unspecified atom stereocenters. The maximum Gasteiger partial charge on any atom is 0.262 e. The summed E-state index contributed by atoms with van der Waals surface area (Å²) < 4.78 is 6.58. The Morgan fingerprint density at radius 3 is 2.40 bits per heavy atom. The average Bonchev–Trinajstić information content (AvgIpc) is 3.53. The predicted octanol–water partition coefficient (Wildman–Crippen LogP) is 4.19. The number of piperazine rings is 1. The summed E-state index contributed by atoms with van der Waals surface area (Å²) >= 11 is 0. The van der Waals surface area contributed by atoms with Crippen molar-refractivity contribution in [2.75, 3.05) is 55.6 Å². The van der Waals surface area contributed by atoms with Gasteiger partial charge in [0.05, 0.1) is 39.2 Å². The molecule has 2 aromatic carbocycles. The van der Waals surface area contributed by atoms with E-state index in [2.05, 4.69) is 57.2 Å². The lowest BCUT2D eigenvalue weighted by molar-refractivity contribution is -0.136. The van der Waals surface area contributed by atoms with Gasteiger partial charge in [-0.1, -0.05) is 13.8 Å². The van der Waals surface area contributed by atoms with E-state index in [1.807, 2.05) is 30.3 Å². The molecule has 5 aliphatic heterocycles. The van der Waals surface area contributed by atoms with E-state index in [9.17, 15) is 29.2 Å². The van der Waals surface area contributed by atoms with Gasteiger partial charge in [-0.05, 0) is 99.2 Å². The van der Waals surface area contributed by atoms with Gasteiger partial charge >= 0.3 is 0 Å². The first-order valence-electron chi connectivity index (χ1n) is 21.7. The minimum absolute atomic E-state index is 0.0901. The molecule has 62 heavy (non-hydrogen) atoms. The number of pyridine rings is 2. The van der Waals surface area contributed by atoms with Crippen LogP contribution in [0.5, 0.6) is 5.75 Å². The second-order valence-corrected chi connectivity index (χ2v) is 18.4. The Balaban J connectivity index is 0.699. The number of benzene rings is 2. The number of anilines is 2. The van der Waals surface area contributed by atoms with Gasteiger partial charge in [-0.15, -0.1) is 0 Å². The highest BCUT2D eigenvalue weighted by Crippen LogP contribution is 2.61. The van der Waals surface area contributed by atoms with Crippen molar-refractivity contribution < 1.29 is 28.7 Å². The van der Waals surface area contributed by atoms with E-state index in [1.165, 1.54) is 0 Å². The average molecular weight is 836 g/mol. The first-order chi connectivity index (χ1) is 29.9. The highest BCUT2D eigenvalue weighted by atomic mass is 16.5. The van der Waals surface area contributed by atoms with Crippen molar-refractivity contribution in [3.05, 3.63) is 88.7 Å². The first-order valence-corrected chi connectivity index (χ1v) is 21.7. The van der Waals surface area contributed by atoms with Crippen LogP contribution in [-0.4, -0.2) is 113 Å². The molecule has 2 aromatic heterocycles. The van der Waals surface area contributed by atoms with Gasteiger partial charge in [0, 0.05) is 74.6 Å². The Morgan fingerprint density at radius 2 is 1.68 bits per heavy atom. The van der Waals surface area contributed by atoms with E-state index in [-0.39, 0.29) is 36.3 Å². The third-order valence-corrected chi connectivity index (χ3v) is 14.6. The van der Waals surface area contributed by atoms with E-state index in [0.717, 1.165) is 98.2 Å². The highest BCUT2D eigenvalue weighted by molar-refractivity contribution is 6.23. The fraction of sp³-hybridized carbons (Fsp3) is 0.447. The standard InChI is InChI=1S/C47H49N9O6/c1-46(2)44(47(3)33-12-16-49-39-28(25-48)4-9-35(38(33)39)62-45(46)47)52-40(58)29-5-10-36(50-26-29)55-18-14-27(15-19-55)13-17-53-20-22-54(23-21-53)30-6-7-31-32(24-30)43(61)56(42(31)60)34-8-11-37(57)51-41(34)59/h4-7,9-10,12,16,24,26-27,34,44-45H,8,11,13-15,17-23H2,1-3H3,(H,52,58)(H,51,57,59)/t34?,44?,45-,47?/m0/s1. The molecule has 5 amide bonds. The number of imide groups is 2. The number of carbonyl (C=O) groups is 5. The Hall–Kier alpha value is -6.40. The van der Waals surface area contributed by atoms with Crippen molar-refractivity contribution in [1.82, 2.24) is 30.4 Å². The molecule has 15 heteroatoms. The van der Waals surface area contributed by atoms with Crippen LogP contribution in [0.1, 0.15) is 95.1 Å². The molecule has 2 N–H and O–H groups in total. The molecule has 4 fully saturated rings. The van der Waals surface area contributed by atoms with Gasteiger partial charge in [0.25, 0.3) is 17.7 Å². The smallest absolute Gasteiger partial charge is 0.262 e. The third-order valence-electron chi connectivity index (χ3n) is 14.6. The van der Waals surface area contributed by atoms with Gasteiger partial charge < -0.3 is 19.9 Å². The minimum atomic E-state index is -0.975. The van der Waals surface area contributed by atoms with Crippen molar-refractivity contribution >= 4 is 51.9 Å². The number of piperidine rings is 2. The molecule has 318 valence electrons. The molecular weight excluding hydrogens is 787 g/mol. The van der Waals surface area contributed by atoms with Crippen LogP contribution in [0.4, 0.5) is 11.5 Å². The molecule has 3 saturated heterocycles. The zero-order chi connectivity index (χ0) is 43.1. The summed E-state index contributed by atoms with van der Waals surface area (Å²) in [7, 11) is 0. The molecule has 4 aromatic rings. The number of fused-ring (bicyclic) bond motifs is 3. The van der Waals surface area contributed by atoms with Gasteiger partial charge in [0.2, 0.25) is 11.8 Å². The molecule has 0 bridgehead atoms. The number of aromatic nitrogens is 2. The highest BCUT2D eigenvalue weighted by Gasteiger charge is 2.69. The molecule has 1 saturated carbocycles. The number of carbonyl (C=O) groups excluding carboxylic acids is 5. The fourth-order valence-electron chi connectivity index (χ4n) is 11.3. The van der Waals surface area contributed by atoms with Gasteiger partial charge in [0.1, 0.15) is 29.8 Å². The number of nitrogens with one attached hydrogen (secondary N) is 2. The summed E-state index contributed by atoms with van der Waals surface area (Å²) in [4.78, 5) is 81.7. The Kier molecular flexibility index (Phi) is 9.55. The number of nitriles is 1. The molecule has 6 aliphatic rings. The molecule has 7 heterocycles. The summed E-state index contributed by atoms with van der Waals surface area (Å²) in [5, 5.41) is 16.2. The van der Waals surface area contributed by atoms with Crippen molar-refractivity contribution in [1.29, 1.82) is 5.26 Å². The molecule has 1 aliphatic carbocycles. The summed E-state index contributed by atoms with van der Waals surface area (Å²) in [6.07, 6.45) is 6.73. The van der Waals surface area contributed by atoms with Crippen molar-refractivity contribution in [3.63, 3.8) is 0 Å². The topological polar surface area (TPSA) is 181 Å². The number of amides is 5. The second-order valence-electron chi connectivity index (χ2n) is 18.4. The Labute approximate surface area is 359 Å². The Bertz CT molecular complexity index is 2590. The summed E-state index contributed by atoms with van der Waals surface area (Å²) in [6, 6.07) is 15.8. The maximum absolute atomic E-state index is 13.8. The monoisotopic (exact) mass is 835 g/mol. The molecular formula is C47H49N9O6. The van der Waals surface area contributed by atoms with Gasteiger partial charge in [0.15, 0.2) is 0 Å². The van der Waals surface area contributed by atoms with Crippen LogP contribution in [-0.2, 0) is 15.0 Å². The van der Waals surface area contributed by atoms with Crippen LogP contribution in [0.3, 0.4) is 0 Å². The maximum atomic E-state index is 13.8. The quantitative estimate of drug-likeness (QED) is 0.242. The summed E-state index contributed by atoms with van der Waals surface area (Å²) in [5.74, 6) is 0.0499. The van der Waals surface area contributed by atoms with Crippen LogP contribution < -0.4 is 25.2 Å². The lowest BCUT2D eigenvalue weighted by atomic mass is 9.45.